The van der Waals surface area contributed by atoms with Crippen LogP contribution in [0, 0.1) is 17.3 Å². The second-order valence-corrected chi connectivity index (χ2v) is 6.92. The minimum Gasteiger partial charge on any atom is -1.00 e. The maximum absolute atomic E-state index is 11.0. The van der Waals surface area contributed by atoms with E-state index in [4.69, 9.17) is 16.3 Å². The second kappa shape index (κ2) is 5.52. The van der Waals surface area contributed by atoms with Gasteiger partial charge in [-0.25, -0.2) is 0 Å². The lowest BCUT2D eigenvalue weighted by Crippen LogP contribution is -3.61. The molecule has 4 nitrogen and oxygen atoms in total. The molecule has 98 valence electrons. The highest BCUT2D eigenvalue weighted by Crippen LogP contribution is 2.33. The molecule has 2 aromatic carbocycles. The topological polar surface area (TPSA) is 52.4 Å². The molecule has 0 spiro atoms. The van der Waals surface area contributed by atoms with Crippen molar-refractivity contribution in [3.8, 4) is 11.5 Å². The first-order valence-corrected chi connectivity index (χ1v) is 7.58. The summed E-state index contributed by atoms with van der Waals surface area (Å²) in [6.07, 6.45) is 0. The fraction of sp³-hybridized carbons (Fsp3) is 0. The molecular formula is C12H6Cl2INO3. The molecule has 0 saturated heterocycles. The van der Waals surface area contributed by atoms with Crippen molar-refractivity contribution in [2.24, 2.45) is 0 Å². The predicted octanol–water partition coefficient (Wildman–Crippen LogP) is -2.51. The Hall–Kier alpha value is -1.05. The van der Waals surface area contributed by atoms with E-state index in [1.54, 1.807) is 18.2 Å². The lowest BCUT2D eigenvalue weighted by Gasteiger charge is -2.10. The van der Waals surface area contributed by atoms with Crippen LogP contribution in [0.25, 0.3) is 0 Å². The number of nitro groups is 1. The molecule has 0 atom stereocenters. The molecule has 1 aliphatic rings. The minimum absolute atomic E-state index is 0. The summed E-state index contributed by atoms with van der Waals surface area (Å²) in [4.78, 5) is 10.5. The first-order valence-electron chi connectivity index (χ1n) is 5.05. The highest BCUT2D eigenvalue weighted by molar-refractivity contribution is 6.30. The quantitative estimate of drug-likeness (QED) is 0.253. The average Bonchev–Trinajstić information content (AvgIpc) is 2.35. The Balaban J connectivity index is 0.00000133. The van der Waals surface area contributed by atoms with Gasteiger partial charge in [-0.1, -0.05) is 17.7 Å². The van der Waals surface area contributed by atoms with Crippen molar-refractivity contribution in [1.82, 2.24) is 0 Å². The molecule has 0 saturated carbocycles. The van der Waals surface area contributed by atoms with Crippen LogP contribution in [0.1, 0.15) is 0 Å². The molecule has 7 heteroatoms. The Morgan fingerprint density at radius 3 is 2.74 bits per heavy atom. The number of nitrogens with zero attached hydrogens (tertiary/aromatic N) is 1. The monoisotopic (exact) mass is 409 g/mol. The number of para-hydroxylation sites is 1. The van der Waals surface area contributed by atoms with Crippen LogP contribution >= 0.6 is 11.6 Å². The van der Waals surface area contributed by atoms with Gasteiger partial charge in [0, 0.05) is 17.2 Å². The number of ether oxygens (including phenoxy) is 1. The van der Waals surface area contributed by atoms with E-state index in [-0.39, 0.29) is 18.1 Å². The molecule has 0 aromatic heterocycles. The van der Waals surface area contributed by atoms with Crippen molar-refractivity contribution < 1.29 is 43.3 Å². The SMILES string of the molecule is O=[N+]([O-])c1cccc2c1Oc1ccc(Cl)cc1[I+]2.[Cl-]. The fourth-order valence-electron chi connectivity index (χ4n) is 1.67. The normalized spacial score (nSPS) is 11.6. The number of benzene rings is 2. The largest absolute Gasteiger partial charge is 1.00 e. The molecule has 19 heavy (non-hydrogen) atoms. The van der Waals surface area contributed by atoms with Gasteiger partial charge in [-0.2, -0.15) is 0 Å². The molecule has 0 radical (unpaired) electrons. The minimum atomic E-state index is -0.498. The highest BCUT2D eigenvalue weighted by atomic mass is 127. The van der Waals surface area contributed by atoms with Crippen LogP contribution in [0.5, 0.6) is 11.5 Å². The fourth-order valence-corrected chi connectivity index (χ4v) is 4.72. The van der Waals surface area contributed by atoms with Crippen molar-refractivity contribution in [1.29, 1.82) is 0 Å². The van der Waals surface area contributed by atoms with E-state index in [0.29, 0.717) is 16.5 Å². The Bertz CT molecular complexity index is 663. The van der Waals surface area contributed by atoms with Gasteiger partial charge in [0.15, 0.2) is 5.75 Å². The molecule has 1 aliphatic heterocycles. The number of rotatable bonds is 1. The Morgan fingerprint density at radius 2 is 2.00 bits per heavy atom. The van der Waals surface area contributed by atoms with Crippen LogP contribution in [0.15, 0.2) is 36.4 Å². The van der Waals surface area contributed by atoms with Gasteiger partial charge < -0.3 is 17.1 Å². The number of nitro benzene ring substituents is 1. The smallest absolute Gasteiger partial charge is 0.366 e. The molecular weight excluding hydrogens is 404 g/mol. The van der Waals surface area contributed by atoms with Gasteiger partial charge in [-0.3, -0.25) is 10.1 Å². The number of hydrogen-bond donors (Lipinski definition) is 0. The lowest BCUT2D eigenvalue weighted by atomic mass is 10.3. The van der Waals surface area contributed by atoms with Gasteiger partial charge in [0.05, 0.1) is 4.92 Å². The number of hydrogen-bond acceptors (Lipinski definition) is 3. The summed E-state index contributed by atoms with van der Waals surface area (Å²) in [7, 11) is 0. The van der Waals surface area contributed by atoms with Gasteiger partial charge in [-0.15, -0.1) is 0 Å². The van der Waals surface area contributed by atoms with Gasteiger partial charge >= 0.3 is 26.9 Å². The van der Waals surface area contributed by atoms with Gasteiger partial charge in [0.2, 0.25) is 7.14 Å². The summed E-state index contributed by atoms with van der Waals surface area (Å²) in [5, 5.41) is 11.6. The summed E-state index contributed by atoms with van der Waals surface area (Å²) < 4.78 is 7.62. The third-order valence-electron chi connectivity index (χ3n) is 2.45. The van der Waals surface area contributed by atoms with Crippen LogP contribution in [0.3, 0.4) is 0 Å². The summed E-state index contributed by atoms with van der Waals surface area (Å²) in [6.45, 7) is 0. The first-order chi connectivity index (χ1) is 8.65. The van der Waals surface area contributed by atoms with Crippen molar-refractivity contribution in [2.75, 3.05) is 0 Å². The zero-order valence-corrected chi connectivity index (χ0v) is 12.9. The van der Waals surface area contributed by atoms with Gasteiger partial charge in [-0.05, 0) is 18.2 Å². The maximum Gasteiger partial charge on any atom is 0.366 e. The molecule has 2 aromatic rings. The Morgan fingerprint density at radius 1 is 1.21 bits per heavy atom. The van der Waals surface area contributed by atoms with Crippen LogP contribution in [-0.4, -0.2) is 4.92 Å². The lowest BCUT2D eigenvalue weighted by molar-refractivity contribution is -0.603. The molecule has 1 heterocycles. The van der Waals surface area contributed by atoms with Crippen molar-refractivity contribution >= 4 is 17.3 Å². The molecule has 0 bridgehead atoms. The molecule has 0 unspecified atom stereocenters. The molecule has 0 amide bonds. The van der Waals surface area contributed by atoms with E-state index in [1.165, 1.54) is 6.07 Å². The summed E-state index contributed by atoms with van der Waals surface area (Å²) in [6, 6.07) is 10.4. The van der Waals surface area contributed by atoms with Crippen molar-refractivity contribution in [3.05, 3.63) is 58.7 Å². The van der Waals surface area contributed by atoms with Gasteiger partial charge in [0.1, 0.15) is 0 Å². The average molecular weight is 410 g/mol. The maximum atomic E-state index is 11.0. The highest BCUT2D eigenvalue weighted by Gasteiger charge is 2.36. The Labute approximate surface area is 130 Å². The standard InChI is InChI=1S/C12H6ClINO3.ClH/c13-7-4-5-11-9(6-7)14-8-2-1-3-10(15(16)17)12(8)18-11;/h1-6H;1H/q+1;/p-1. The summed E-state index contributed by atoms with van der Waals surface area (Å²) in [5.74, 6) is 1.05. The first kappa shape index (κ1) is 14.4. The van der Waals surface area contributed by atoms with E-state index in [0.717, 1.165) is 7.14 Å². The van der Waals surface area contributed by atoms with Gasteiger partial charge in [0.25, 0.3) is 5.75 Å². The number of fused-ring (bicyclic) bond motifs is 2. The van der Waals surface area contributed by atoms with E-state index >= 15 is 0 Å². The van der Waals surface area contributed by atoms with E-state index in [9.17, 15) is 10.1 Å². The third kappa shape index (κ3) is 2.63. The van der Waals surface area contributed by atoms with Crippen molar-refractivity contribution in [3.63, 3.8) is 0 Å². The molecule has 0 fully saturated rings. The summed E-state index contributed by atoms with van der Waals surface area (Å²) in [5.41, 5.74) is 0.0211. The predicted molar refractivity (Wildman–Crippen MR) is 62.0 cm³/mol. The molecule has 0 N–H and O–H groups in total. The Kier molecular flexibility index (Phi) is 4.17. The van der Waals surface area contributed by atoms with Crippen molar-refractivity contribution in [2.45, 2.75) is 0 Å². The summed E-state index contributed by atoms with van der Waals surface area (Å²) >= 11 is 5.44. The van der Waals surface area contributed by atoms with E-state index in [2.05, 4.69) is 0 Å². The molecule has 3 rings (SSSR count). The van der Waals surface area contributed by atoms with Crippen LogP contribution in [0.2, 0.25) is 5.02 Å². The van der Waals surface area contributed by atoms with E-state index < -0.39 is 26.1 Å². The zero-order chi connectivity index (χ0) is 12.7. The third-order valence-corrected chi connectivity index (χ3v) is 5.54. The van der Waals surface area contributed by atoms with Crippen LogP contribution in [-0.2, 0) is 0 Å². The number of halogens is 3. The molecule has 0 aliphatic carbocycles. The van der Waals surface area contributed by atoms with E-state index in [1.807, 2.05) is 12.1 Å². The second-order valence-electron chi connectivity index (χ2n) is 3.62. The van der Waals surface area contributed by atoms with Crippen LogP contribution in [0.4, 0.5) is 5.69 Å². The zero-order valence-electron chi connectivity index (χ0n) is 9.27. The van der Waals surface area contributed by atoms with Crippen LogP contribution < -0.4 is 38.3 Å².